The Morgan fingerprint density at radius 1 is 1.29 bits per heavy atom. The fourth-order valence-electron chi connectivity index (χ4n) is 3.10. The molecule has 2 fully saturated rings. The second kappa shape index (κ2) is 7.99. The summed E-state index contributed by atoms with van der Waals surface area (Å²) in [5, 5.41) is 17.0. The number of piperidine rings is 1. The minimum Gasteiger partial charge on any atom is -0.388 e. The molecule has 3 N–H and O–H groups in total. The van der Waals surface area contributed by atoms with Crippen LogP contribution in [0.5, 0.6) is 0 Å². The molecule has 0 bridgehead atoms. The monoisotopic (exact) mass is 296 g/mol. The third-order valence-corrected chi connectivity index (χ3v) is 4.63. The van der Waals surface area contributed by atoms with Crippen LogP contribution in [-0.4, -0.2) is 60.3 Å². The first-order chi connectivity index (χ1) is 10.1. The third kappa shape index (κ3) is 5.15. The molecule has 1 aliphatic carbocycles. The second-order valence-corrected chi connectivity index (χ2v) is 6.53. The number of hydrogen-bond acceptors (Lipinski definition) is 3. The van der Waals surface area contributed by atoms with Gasteiger partial charge in [-0.05, 0) is 52.0 Å². The van der Waals surface area contributed by atoms with Crippen molar-refractivity contribution in [2.75, 3.05) is 32.7 Å². The van der Waals surface area contributed by atoms with Gasteiger partial charge in [0, 0.05) is 25.7 Å². The second-order valence-electron chi connectivity index (χ2n) is 6.53. The van der Waals surface area contributed by atoms with Gasteiger partial charge in [-0.2, -0.15) is 0 Å². The lowest BCUT2D eigenvalue weighted by Gasteiger charge is -2.36. The molecular weight excluding hydrogens is 264 g/mol. The molecule has 0 aromatic carbocycles. The van der Waals surface area contributed by atoms with E-state index in [9.17, 15) is 5.11 Å². The number of nitrogens with one attached hydrogen (secondary N) is 2. The van der Waals surface area contributed by atoms with E-state index in [1.807, 2.05) is 0 Å². The minimum absolute atomic E-state index is 0.506. The fraction of sp³-hybridized carbons (Fsp3) is 0.938. The van der Waals surface area contributed by atoms with Crippen molar-refractivity contribution in [2.24, 2.45) is 4.99 Å². The molecule has 2 rings (SSSR count). The summed E-state index contributed by atoms with van der Waals surface area (Å²) in [5.41, 5.74) is -0.535. The van der Waals surface area contributed by atoms with Crippen LogP contribution in [0.2, 0.25) is 0 Å². The molecule has 1 saturated carbocycles. The van der Waals surface area contributed by atoms with E-state index >= 15 is 0 Å². The van der Waals surface area contributed by atoms with Crippen LogP contribution < -0.4 is 10.6 Å². The number of aliphatic hydroxyl groups is 1. The van der Waals surface area contributed by atoms with Crippen LogP contribution in [0.3, 0.4) is 0 Å². The van der Waals surface area contributed by atoms with E-state index in [0.717, 1.165) is 31.8 Å². The standard InChI is InChI=1S/C16H32N4O/c1-3-10-20-11-6-14(7-12-20)19-15(17-4-2)18-13-16(21)8-5-9-16/h14,21H,3-13H2,1-2H3,(H2,17,18,19). The maximum absolute atomic E-state index is 10.2. The Labute approximate surface area is 129 Å². The van der Waals surface area contributed by atoms with E-state index in [2.05, 4.69) is 34.4 Å². The van der Waals surface area contributed by atoms with Crippen LogP contribution in [0.1, 0.15) is 52.4 Å². The average molecular weight is 296 g/mol. The first kappa shape index (κ1) is 16.6. The van der Waals surface area contributed by atoms with Crippen molar-refractivity contribution in [3.05, 3.63) is 0 Å². The zero-order valence-electron chi connectivity index (χ0n) is 13.7. The predicted octanol–water partition coefficient (Wildman–Crippen LogP) is 1.33. The summed E-state index contributed by atoms with van der Waals surface area (Å²) in [6.45, 7) is 9.28. The SMILES string of the molecule is CCCN1CCC(NC(=NCC2(O)CCC2)NCC)CC1. The summed E-state index contributed by atoms with van der Waals surface area (Å²) < 4.78 is 0. The Balaban J connectivity index is 1.78. The summed E-state index contributed by atoms with van der Waals surface area (Å²) in [7, 11) is 0. The lowest BCUT2D eigenvalue weighted by Crippen LogP contribution is -2.49. The third-order valence-electron chi connectivity index (χ3n) is 4.63. The first-order valence-corrected chi connectivity index (χ1v) is 8.65. The van der Waals surface area contributed by atoms with Gasteiger partial charge in [-0.3, -0.25) is 4.99 Å². The summed E-state index contributed by atoms with van der Waals surface area (Å²) in [6, 6.07) is 0.506. The highest BCUT2D eigenvalue weighted by molar-refractivity contribution is 5.80. The molecule has 21 heavy (non-hydrogen) atoms. The summed E-state index contributed by atoms with van der Waals surface area (Å²) in [5.74, 6) is 0.867. The summed E-state index contributed by atoms with van der Waals surface area (Å²) in [6.07, 6.45) is 6.51. The zero-order valence-corrected chi connectivity index (χ0v) is 13.7. The zero-order chi connectivity index (χ0) is 15.1. The van der Waals surface area contributed by atoms with Crippen molar-refractivity contribution < 1.29 is 5.11 Å². The maximum atomic E-state index is 10.2. The fourth-order valence-corrected chi connectivity index (χ4v) is 3.10. The molecule has 0 amide bonds. The van der Waals surface area contributed by atoms with Crippen LogP contribution in [0.25, 0.3) is 0 Å². The average Bonchev–Trinajstić information content (AvgIpc) is 2.45. The normalized spacial score (nSPS) is 23.7. The van der Waals surface area contributed by atoms with E-state index < -0.39 is 5.60 Å². The molecule has 0 radical (unpaired) electrons. The predicted molar refractivity (Wildman–Crippen MR) is 87.7 cm³/mol. The minimum atomic E-state index is -0.535. The number of guanidine groups is 1. The number of hydrogen-bond donors (Lipinski definition) is 3. The van der Waals surface area contributed by atoms with E-state index in [0.29, 0.717) is 12.6 Å². The Kier molecular flexibility index (Phi) is 6.30. The van der Waals surface area contributed by atoms with Crippen LogP contribution in [-0.2, 0) is 0 Å². The van der Waals surface area contributed by atoms with E-state index in [1.54, 1.807) is 0 Å². The maximum Gasteiger partial charge on any atom is 0.191 e. The molecule has 0 aromatic heterocycles. The van der Waals surface area contributed by atoms with Crippen LogP contribution in [0.4, 0.5) is 0 Å². The lowest BCUT2D eigenvalue weighted by atomic mass is 9.80. The van der Waals surface area contributed by atoms with Gasteiger partial charge in [-0.1, -0.05) is 6.92 Å². The Morgan fingerprint density at radius 2 is 2.00 bits per heavy atom. The summed E-state index contributed by atoms with van der Waals surface area (Å²) >= 11 is 0. The molecule has 0 aromatic rings. The van der Waals surface area contributed by atoms with Crippen molar-refractivity contribution in [3.8, 4) is 0 Å². The lowest BCUT2D eigenvalue weighted by molar-refractivity contribution is -0.0236. The van der Waals surface area contributed by atoms with E-state index in [-0.39, 0.29) is 0 Å². The molecule has 1 saturated heterocycles. The van der Waals surface area contributed by atoms with Crippen molar-refractivity contribution in [1.29, 1.82) is 0 Å². The molecule has 122 valence electrons. The molecule has 5 nitrogen and oxygen atoms in total. The van der Waals surface area contributed by atoms with Gasteiger partial charge in [0.25, 0.3) is 0 Å². The number of likely N-dealkylation sites (tertiary alicyclic amines) is 1. The van der Waals surface area contributed by atoms with Gasteiger partial charge in [0.2, 0.25) is 0 Å². The number of rotatable bonds is 6. The Bertz CT molecular complexity index is 333. The van der Waals surface area contributed by atoms with Crippen molar-refractivity contribution in [2.45, 2.75) is 64.0 Å². The van der Waals surface area contributed by atoms with Gasteiger partial charge in [0.1, 0.15) is 0 Å². The topological polar surface area (TPSA) is 59.9 Å². The smallest absolute Gasteiger partial charge is 0.191 e. The highest BCUT2D eigenvalue weighted by Gasteiger charge is 2.34. The van der Waals surface area contributed by atoms with Gasteiger partial charge < -0.3 is 20.6 Å². The van der Waals surface area contributed by atoms with E-state index in [1.165, 1.54) is 38.9 Å². The highest BCUT2D eigenvalue weighted by atomic mass is 16.3. The molecule has 0 atom stereocenters. The molecule has 1 heterocycles. The Hall–Kier alpha value is -0.810. The highest BCUT2D eigenvalue weighted by Crippen LogP contribution is 2.31. The van der Waals surface area contributed by atoms with E-state index in [4.69, 9.17) is 0 Å². The van der Waals surface area contributed by atoms with Crippen molar-refractivity contribution in [3.63, 3.8) is 0 Å². The first-order valence-electron chi connectivity index (χ1n) is 8.65. The Morgan fingerprint density at radius 3 is 2.52 bits per heavy atom. The van der Waals surface area contributed by atoms with Gasteiger partial charge >= 0.3 is 0 Å². The van der Waals surface area contributed by atoms with Crippen molar-refractivity contribution >= 4 is 5.96 Å². The molecule has 1 aliphatic heterocycles. The number of aliphatic imine (C=N–C) groups is 1. The van der Waals surface area contributed by atoms with Gasteiger partial charge in [-0.25, -0.2) is 0 Å². The molecule has 5 heteroatoms. The van der Waals surface area contributed by atoms with Gasteiger partial charge in [0.05, 0.1) is 12.1 Å². The summed E-state index contributed by atoms with van der Waals surface area (Å²) in [4.78, 5) is 7.13. The van der Waals surface area contributed by atoms with Crippen LogP contribution in [0, 0.1) is 0 Å². The molecule has 2 aliphatic rings. The van der Waals surface area contributed by atoms with Gasteiger partial charge in [0.15, 0.2) is 5.96 Å². The van der Waals surface area contributed by atoms with Crippen LogP contribution in [0.15, 0.2) is 4.99 Å². The van der Waals surface area contributed by atoms with Crippen LogP contribution >= 0.6 is 0 Å². The molecule has 0 spiro atoms. The number of nitrogens with zero attached hydrogens (tertiary/aromatic N) is 2. The van der Waals surface area contributed by atoms with Crippen molar-refractivity contribution in [1.82, 2.24) is 15.5 Å². The molecule has 0 unspecified atom stereocenters. The molecular formula is C16H32N4O. The van der Waals surface area contributed by atoms with Gasteiger partial charge in [-0.15, -0.1) is 0 Å². The quantitative estimate of drug-likeness (QED) is 0.511. The largest absolute Gasteiger partial charge is 0.388 e.